The number of fused-ring (bicyclic) bond motifs is 2. The van der Waals surface area contributed by atoms with Crippen molar-refractivity contribution in [2.75, 3.05) is 13.1 Å². The van der Waals surface area contributed by atoms with E-state index in [1.807, 2.05) is 71.2 Å². The number of hydrogen-bond acceptors (Lipinski definition) is 9. The number of hydrogen-bond donors (Lipinski definition) is 0. The molecule has 2 atom stereocenters. The zero-order chi connectivity index (χ0) is 45.1. The number of nitrogens with zero attached hydrogens (tertiary/aromatic N) is 2. The molecule has 0 amide bonds. The van der Waals surface area contributed by atoms with E-state index >= 15 is 0 Å². The van der Waals surface area contributed by atoms with Gasteiger partial charge in [-0.05, 0) is 121 Å². The number of rotatable bonds is 16. The van der Waals surface area contributed by atoms with E-state index < -0.39 is 23.8 Å². The van der Waals surface area contributed by atoms with E-state index in [0.717, 1.165) is 85.9 Å². The Kier molecular flexibility index (Phi) is 17.8. The van der Waals surface area contributed by atoms with E-state index in [9.17, 15) is 9.59 Å². The van der Waals surface area contributed by atoms with Crippen LogP contribution in [0.1, 0.15) is 103 Å². The van der Waals surface area contributed by atoms with Crippen LogP contribution in [0.15, 0.2) is 109 Å². The monoisotopic (exact) mass is 942 g/mol. The van der Waals surface area contributed by atoms with Gasteiger partial charge in [0.25, 0.3) is 0 Å². The third-order valence-corrected chi connectivity index (χ3v) is 14.2. The van der Waals surface area contributed by atoms with Gasteiger partial charge >= 0.3 is 49.7 Å². The third-order valence-electron chi connectivity index (χ3n) is 11.9. The molecule has 2 aliphatic heterocycles. The Morgan fingerprint density at radius 2 is 1.00 bits per heavy atom. The van der Waals surface area contributed by atoms with Gasteiger partial charge in [0.2, 0.25) is 0 Å². The quantitative estimate of drug-likeness (QED) is 0.0414. The molecule has 4 aromatic carbocycles. The second kappa shape index (κ2) is 23.9. The Bertz CT molecular complexity index is 2550. The van der Waals surface area contributed by atoms with Gasteiger partial charge in [-0.1, -0.05) is 84.6 Å². The van der Waals surface area contributed by atoms with Gasteiger partial charge in [0.1, 0.15) is 24.7 Å². The van der Waals surface area contributed by atoms with Crippen molar-refractivity contribution in [1.29, 1.82) is 0 Å². The van der Waals surface area contributed by atoms with Crippen molar-refractivity contribution in [2.24, 2.45) is 0 Å². The van der Waals surface area contributed by atoms with Crippen LogP contribution in [0.25, 0.3) is 0 Å². The van der Waals surface area contributed by atoms with Crippen LogP contribution < -0.4 is 9.47 Å². The molecular formula is C56H58CaN2O5S2. The Morgan fingerprint density at radius 3 is 1.41 bits per heavy atom. The summed E-state index contributed by atoms with van der Waals surface area (Å²) in [4.78, 5) is 37.1. The molecule has 0 fully saturated rings. The van der Waals surface area contributed by atoms with Gasteiger partial charge in [0.05, 0.1) is 24.7 Å². The molecule has 7 nitrogen and oxygen atoms in total. The van der Waals surface area contributed by atoms with E-state index in [4.69, 9.17) is 14.2 Å². The van der Waals surface area contributed by atoms with Crippen LogP contribution in [0, 0.1) is 37.5 Å². The first-order valence-corrected chi connectivity index (χ1v) is 24.1. The Hall–Kier alpha value is -4.68. The molecule has 336 valence electrons. The zero-order valence-corrected chi connectivity index (χ0v) is 39.4. The molecule has 2 aromatic heterocycles. The second-order valence-corrected chi connectivity index (χ2v) is 19.7. The van der Waals surface area contributed by atoms with Crippen LogP contribution in [0.3, 0.4) is 0 Å². The number of carbonyl (C=O) groups excluding carboxylic acids is 2. The summed E-state index contributed by atoms with van der Waals surface area (Å²) in [5.41, 5.74) is 9.41. The summed E-state index contributed by atoms with van der Waals surface area (Å²) in [6, 6.07) is 37.1. The molecule has 4 heterocycles. The topological polar surface area (TPSA) is 68.3 Å². The Morgan fingerprint density at radius 1 is 0.591 bits per heavy atom. The number of esters is 2. The van der Waals surface area contributed by atoms with Gasteiger partial charge in [-0.2, -0.15) is 0 Å². The Balaban J connectivity index is 0.00000648. The minimum absolute atomic E-state index is 0. The van der Waals surface area contributed by atoms with Gasteiger partial charge in [0.15, 0.2) is 0 Å². The summed E-state index contributed by atoms with van der Waals surface area (Å²) in [5, 5.41) is 0. The van der Waals surface area contributed by atoms with Crippen molar-refractivity contribution in [2.45, 2.75) is 105 Å². The van der Waals surface area contributed by atoms with Crippen molar-refractivity contribution in [3.8, 4) is 35.2 Å². The van der Waals surface area contributed by atoms with E-state index in [-0.39, 0.29) is 50.6 Å². The van der Waals surface area contributed by atoms with Gasteiger partial charge < -0.3 is 14.2 Å². The van der Waals surface area contributed by atoms with E-state index in [2.05, 4.69) is 108 Å². The summed E-state index contributed by atoms with van der Waals surface area (Å²) < 4.78 is 17.7. The summed E-state index contributed by atoms with van der Waals surface area (Å²) in [6.07, 6.45) is 2.12. The van der Waals surface area contributed by atoms with Crippen LogP contribution in [0.2, 0.25) is 0 Å². The molecule has 0 aliphatic carbocycles. The fraction of sp³-hybridized carbons (Fsp3) is 0.321. The molecule has 0 spiro atoms. The van der Waals surface area contributed by atoms with Crippen molar-refractivity contribution in [1.82, 2.24) is 9.80 Å². The molecule has 0 saturated heterocycles. The molecule has 0 N–H and O–H groups in total. The fourth-order valence-corrected chi connectivity index (χ4v) is 10.9. The molecule has 0 bridgehead atoms. The summed E-state index contributed by atoms with van der Waals surface area (Å²) in [5.74, 6) is 11.4. The first-order chi connectivity index (χ1) is 31.7. The predicted molar refractivity (Wildman–Crippen MR) is 269 cm³/mol. The molecule has 66 heavy (non-hydrogen) atoms. The maximum atomic E-state index is 13.1. The van der Waals surface area contributed by atoms with Crippen molar-refractivity contribution >= 4 is 72.4 Å². The molecule has 2 aliphatic rings. The number of aryl methyl sites for hydroxylation is 2. The summed E-state index contributed by atoms with van der Waals surface area (Å²) in [6.45, 7) is 14.7. The minimum atomic E-state index is -0.628. The van der Waals surface area contributed by atoms with E-state index in [0.29, 0.717) is 13.2 Å². The van der Waals surface area contributed by atoms with Crippen LogP contribution in [-0.4, -0.2) is 72.6 Å². The molecule has 1 unspecified atom stereocenters. The Labute approximate surface area is 428 Å². The summed E-state index contributed by atoms with van der Waals surface area (Å²) in [7, 11) is 0. The molecule has 6 aromatic rings. The SMILES string of the molecule is CC#CC(CC(=O)OC(=O)C[C@H](C#CC)c1ccc(OCc2cccc(CN3CCc4sc(C)cc4C3)c2)cc1)c1ccc(OCc2cccc(CN3CCc4sc(C)cc4C3)c2)cc1.[CaH2]. The average molecular weight is 943 g/mol. The third kappa shape index (κ3) is 13.7. The van der Waals surface area contributed by atoms with Crippen LogP contribution >= 0.6 is 22.7 Å². The zero-order valence-electron chi connectivity index (χ0n) is 37.8. The van der Waals surface area contributed by atoms with E-state index in [1.54, 1.807) is 13.8 Å². The van der Waals surface area contributed by atoms with Gasteiger partial charge in [-0.15, -0.1) is 34.5 Å². The molecule has 0 radical (unpaired) electrons. The first kappa shape index (κ1) is 49.2. The molecule has 10 heteroatoms. The summed E-state index contributed by atoms with van der Waals surface area (Å²) >= 11 is 3.86. The number of benzene rings is 4. The standard InChI is InChI=1S/C56H56N2O5S2.Ca.2H/c1-5-9-47(45-15-19-51(20-16-45)61-37-43-13-7-11-41(29-43)33-57-25-23-53-49(35-57)27-39(3)64-53)31-55(59)63-56(60)32-48(10-6-2)46-17-21-52(22-18-46)62-38-44-14-8-12-42(30-44)34-58-26-24-54-50(36-58)28-40(4)65-54;;;/h7-8,11-22,27-30,47-48H,23-26,31-38H2,1-4H3;;;/t47-,48?;;;/m0.../s1. The molecule has 0 saturated carbocycles. The first-order valence-electron chi connectivity index (χ1n) is 22.5. The van der Waals surface area contributed by atoms with E-state index in [1.165, 1.54) is 41.8 Å². The van der Waals surface area contributed by atoms with Crippen LogP contribution in [-0.2, 0) is 66.6 Å². The normalized spacial score (nSPS) is 14.2. The second-order valence-electron chi connectivity index (χ2n) is 17.0. The number of carbonyl (C=O) groups is 2. The van der Waals surface area contributed by atoms with Crippen LogP contribution in [0.4, 0.5) is 0 Å². The molecule has 8 rings (SSSR count). The fourth-order valence-electron chi connectivity index (χ4n) is 8.82. The number of ether oxygens (including phenoxy) is 3. The van der Waals surface area contributed by atoms with Crippen molar-refractivity contribution in [3.05, 3.63) is 173 Å². The number of thiophene rings is 2. The van der Waals surface area contributed by atoms with Gasteiger partial charge in [0, 0.05) is 58.8 Å². The van der Waals surface area contributed by atoms with Gasteiger partial charge in [-0.3, -0.25) is 19.4 Å². The van der Waals surface area contributed by atoms with Crippen molar-refractivity contribution < 1.29 is 23.8 Å². The average Bonchev–Trinajstić information content (AvgIpc) is 3.87. The van der Waals surface area contributed by atoms with Crippen molar-refractivity contribution in [3.63, 3.8) is 0 Å². The predicted octanol–water partition coefficient (Wildman–Crippen LogP) is 10.5. The van der Waals surface area contributed by atoms with Crippen LogP contribution in [0.5, 0.6) is 11.5 Å². The molecular weight excluding hydrogens is 885 g/mol. The van der Waals surface area contributed by atoms with Gasteiger partial charge in [-0.25, -0.2) is 0 Å². The maximum absolute atomic E-state index is 13.1.